The molecule has 416 valence electrons. The lowest BCUT2D eigenvalue weighted by atomic mass is 9.99. The molecule has 0 aromatic carbocycles. The third kappa shape index (κ3) is 39.3. The zero-order valence-electron chi connectivity index (χ0n) is 45.1. The standard InChI is InChI=1S/C57H111NO11S/c1-3-5-7-9-11-13-15-17-19-20-21-22-23-24-25-26-27-28-29-30-31-33-35-37-39-41-43-45-47-53(61)58-50(49-67-57-55(63)56(69-70(64,65)66)54(62)52(48-59)68-57)51(60)46-44-42-40-38-36-34-32-18-16-14-12-10-8-6-4-2/h44,46,50-52,54-57,59-60,62-63H,3-43,45,47-49H2,1-2H3,(H,58,61)(H,64,65,66)/b46-44+. The van der Waals surface area contributed by atoms with Gasteiger partial charge in [0.1, 0.15) is 24.4 Å². The van der Waals surface area contributed by atoms with Gasteiger partial charge in [-0.25, -0.2) is 4.18 Å². The Bertz CT molecular complexity index is 1290. The number of unbranched alkanes of at least 4 members (excludes halogenated alkanes) is 40. The molecule has 0 aromatic heterocycles. The first-order valence-electron chi connectivity index (χ1n) is 29.6. The molecule has 0 aliphatic carbocycles. The van der Waals surface area contributed by atoms with E-state index in [1.807, 2.05) is 6.08 Å². The van der Waals surface area contributed by atoms with E-state index in [2.05, 4.69) is 23.3 Å². The van der Waals surface area contributed by atoms with Gasteiger partial charge in [-0.1, -0.05) is 276 Å². The van der Waals surface area contributed by atoms with Crippen molar-refractivity contribution in [2.45, 2.75) is 333 Å². The van der Waals surface area contributed by atoms with Crippen LogP contribution in [0.4, 0.5) is 0 Å². The predicted octanol–water partition coefficient (Wildman–Crippen LogP) is 13.8. The minimum atomic E-state index is -5.09. The maximum Gasteiger partial charge on any atom is 0.397 e. The summed E-state index contributed by atoms with van der Waals surface area (Å²) in [5, 5.41) is 44.9. The van der Waals surface area contributed by atoms with Crippen LogP contribution in [0.3, 0.4) is 0 Å². The van der Waals surface area contributed by atoms with Crippen molar-refractivity contribution >= 4 is 16.3 Å². The van der Waals surface area contributed by atoms with Crippen molar-refractivity contribution in [3.63, 3.8) is 0 Å². The Labute approximate surface area is 430 Å². The molecule has 6 N–H and O–H groups in total. The Morgan fingerprint density at radius 1 is 0.557 bits per heavy atom. The van der Waals surface area contributed by atoms with Gasteiger partial charge >= 0.3 is 10.4 Å². The van der Waals surface area contributed by atoms with Crippen LogP contribution >= 0.6 is 0 Å². The van der Waals surface area contributed by atoms with Gasteiger partial charge in [0.05, 0.1) is 25.4 Å². The fourth-order valence-electron chi connectivity index (χ4n) is 9.75. The SMILES string of the molecule is CCCCCCCCCCCCCCC/C=C/C(O)C(COC1OC(CO)C(O)C(OS(=O)(=O)O)C1O)NC(=O)CCCCCCCCCCCCCCCCCCCCCCCCCCCCCC. The van der Waals surface area contributed by atoms with E-state index in [0.717, 1.165) is 38.5 Å². The molecule has 13 heteroatoms. The van der Waals surface area contributed by atoms with Crippen LogP contribution < -0.4 is 5.32 Å². The lowest BCUT2D eigenvalue weighted by Crippen LogP contribution is -2.61. The molecule has 0 bridgehead atoms. The van der Waals surface area contributed by atoms with E-state index in [1.165, 1.54) is 225 Å². The summed E-state index contributed by atoms with van der Waals surface area (Å²) in [6, 6.07) is -0.939. The highest BCUT2D eigenvalue weighted by molar-refractivity contribution is 7.80. The number of ether oxygens (including phenoxy) is 2. The van der Waals surface area contributed by atoms with Crippen LogP contribution in [0.2, 0.25) is 0 Å². The second-order valence-corrected chi connectivity index (χ2v) is 22.0. The van der Waals surface area contributed by atoms with Crippen molar-refractivity contribution in [1.29, 1.82) is 0 Å². The Kier molecular flexibility index (Phi) is 45.4. The number of hydrogen-bond donors (Lipinski definition) is 6. The van der Waals surface area contributed by atoms with Crippen LogP contribution in [0.1, 0.15) is 290 Å². The third-order valence-electron chi connectivity index (χ3n) is 14.3. The third-order valence-corrected chi connectivity index (χ3v) is 14.8. The lowest BCUT2D eigenvalue weighted by Gasteiger charge is -2.41. The largest absolute Gasteiger partial charge is 0.397 e. The number of amides is 1. The minimum absolute atomic E-state index is 0.256. The molecule has 70 heavy (non-hydrogen) atoms. The number of hydrogen-bond acceptors (Lipinski definition) is 10. The van der Waals surface area contributed by atoms with Crippen molar-refractivity contribution < 1.29 is 51.8 Å². The molecule has 1 aliphatic rings. The quantitative estimate of drug-likeness (QED) is 0.0193. The summed E-state index contributed by atoms with van der Waals surface area (Å²) in [6.45, 7) is 3.43. The summed E-state index contributed by atoms with van der Waals surface area (Å²) in [6.07, 6.45) is 48.4. The van der Waals surface area contributed by atoms with E-state index in [4.69, 9.17) is 9.47 Å². The summed E-state index contributed by atoms with van der Waals surface area (Å²) in [5.74, 6) is -0.256. The van der Waals surface area contributed by atoms with Crippen molar-refractivity contribution in [3.8, 4) is 0 Å². The molecular formula is C57H111NO11S. The number of aliphatic hydroxyl groups excluding tert-OH is 4. The highest BCUT2D eigenvalue weighted by Gasteiger charge is 2.48. The average molecular weight is 1020 g/mol. The van der Waals surface area contributed by atoms with Gasteiger partial charge in [0.15, 0.2) is 6.29 Å². The predicted molar refractivity (Wildman–Crippen MR) is 287 cm³/mol. The summed E-state index contributed by atoms with van der Waals surface area (Å²) >= 11 is 0. The van der Waals surface area contributed by atoms with E-state index in [-0.39, 0.29) is 18.9 Å². The zero-order chi connectivity index (χ0) is 51.2. The molecule has 1 aliphatic heterocycles. The highest BCUT2D eigenvalue weighted by atomic mass is 32.3. The van der Waals surface area contributed by atoms with Gasteiger partial charge in [-0.2, -0.15) is 8.42 Å². The molecule has 0 aromatic rings. The molecule has 7 atom stereocenters. The van der Waals surface area contributed by atoms with E-state index in [9.17, 15) is 38.2 Å². The van der Waals surface area contributed by atoms with Gasteiger partial charge in [0.25, 0.3) is 0 Å². The number of aliphatic hydroxyl groups is 4. The Hall–Kier alpha value is -1.16. The first-order valence-corrected chi connectivity index (χ1v) is 30.9. The minimum Gasteiger partial charge on any atom is -0.394 e. The molecule has 1 heterocycles. The van der Waals surface area contributed by atoms with E-state index in [1.54, 1.807) is 6.08 Å². The molecule has 0 spiro atoms. The van der Waals surface area contributed by atoms with Crippen molar-refractivity contribution in [3.05, 3.63) is 12.2 Å². The summed E-state index contributed by atoms with van der Waals surface area (Å²) in [4.78, 5) is 13.1. The first-order chi connectivity index (χ1) is 34.0. The molecule has 1 rings (SSSR count). The molecule has 1 amide bonds. The fraction of sp³-hybridized carbons (Fsp3) is 0.947. The Morgan fingerprint density at radius 3 is 1.24 bits per heavy atom. The number of carbonyl (C=O) groups excluding carboxylic acids is 1. The number of allylic oxidation sites excluding steroid dienone is 1. The Balaban J connectivity index is 2.29. The number of nitrogens with one attached hydrogen (secondary N) is 1. The average Bonchev–Trinajstić information content (AvgIpc) is 3.33. The Morgan fingerprint density at radius 2 is 0.900 bits per heavy atom. The maximum absolute atomic E-state index is 13.1. The van der Waals surface area contributed by atoms with Crippen LogP contribution in [0.5, 0.6) is 0 Å². The van der Waals surface area contributed by atoms with Crippen LogP contribution in [0.15, 0.2) is 12.2 Å². The highest BCUT2D eigenvalue weighted by Crippen LogP contribution is 2.26. The van der Waals surface area contributed by atoms with Gasteiger partial charge in [0, 0.05) is 6.42 Å². The van der Waals surface area contributed by atoms with E-state index in [0.29, 0.717) is 6.42 Å². The van der Waals surface area contributed by atoms with Gasteiger partial charge in [-0.15, -0.1) is 0 Å². The van der Waals surface area contributed by atoms with Crippen LogP contribution in [0, 0.1) is 0 Å². The van der Waals surface area contributed by atoms with Crippen molar-refractivity contribution in [2.75, 3.05) is 13.2 Å². The van der Waals surface area contributed by atoms with Crippen LogP contribution in [-0.4, -0.2) is 95.4 Å². The van der Waals surface area contributed by atoms with Gasteiger partial charge in [0.2, 0.25) is 5.91 Å². The van der Waals surface area contributed by atoms with Crippen LogP contribution in [0.25, 0.3) is 0 Å². The van der Waals surface area contributed by atoms with Crippen LogP contribution in [-0.2, 0) is 28.9 Å². The normalized spacial score (nSPS) is 19.6. The van der Waals surface area contributed by atoms with E-state index < -0.39 is 59.9 Å². The molecule has 0 saturated carbocycles. The maximum atomic E-state index is 13.1. The lowest BCUT2D eigenvalue weighted by molar-refractivity contribution is -0.298. The molecule has 1 fully saturated rings. The van der Waals surface area contributed by atoms with Gasteiger partial charge in [-0.05, 0) is 19.3 Å². The zero-order valence-corrected chi connectivity index (χ0v) is 45.9. The first kappa shape index (κ1) is 66.9. The second kappa shape index (κ2) is 47.5. The van der Waals surface area contributed by atoms with Crippen molar-refractivity contribution in [1.82, 2.24) is 5.32 Å². The number of carbonyl (C=O) groups is 1. The monoisotopic (exact) mass is 1020 g/mol. The fourth-order valence-corrected chi connectivity index (χ4v) is 10.3. The topological polar surface area (TPSA) is 192 Å². The summed E-state index contributed by atoms with van der Waals surface area (Å²) < 4.78 is 47.8. The molecule has 7 unspecified atom stereocenters. The molecule has 0 radical (unpaired) electrons. The molecule has 1 saturated heterocycles. The van der Waals surface area contributed by atoms with Gasteiger partial charge in [-0.3, -0.25) is 9.35 Å². The van der Waals surface area contributed by atoms with Crippen molar-refractivity contribution in [2.24, 2.45) is 0 Å². The summed E-state index contributed by atoms with van der Waals surface area (Å²) in [7, 11) is -5.09. The summed E-state index contributed by atoms with van der Waals surface area (Å²) in [5.41, 5.74) is 0. The van der Waals surface area contributed by atoms with Gasteiger partial charge < -0.3 is 35.2 Å². The molecular weight excluding hydrogens is 907 g/mol. The second-order valence-electron chi connectivity index (χ2n) is 20.9. The smallest absolute Gasteiger partial charge is 0.394 e. The number of rotatable bonds is 52. The molecule has 12 nitrogen and oxygen atoms in total. The van der Waals surface area contributed by atoms with E-state index >= 15 is 0 Å².